The largest absolute Gasteiger partial charge is 0.468 e. The molecular weight excluding hydrogens is 401 g/mol. The maximum atomic E-state index is 12.5. The molecule has 0 atom stereocenters. The van der Waals surface area contributed by atoms with Crippen molar-refractivity contribution in [1.29, 1.82) is 0 Å². The lowest BCUT2D eigenvalue weighted by atomic mass is 10.1. The lowest BCUT2D eigenvalue weighted by molar-refractivity contribution is -0.154. The Morgan fingerprint density at radius 2 is 1.87 bits per heavy atom. The number of amides is 1. The Balaban J connectivity index is 2.02. The predicted octanol–water partition coefficient (Wildman–Crippen LogP) is 3.13. The first-order chi connectivity index (χ1) is 13.9. The van der Waals surface area contributed by atoms with Crippen molar-refractivity contribution in [2.24, 2.45) is 5.92 Å². The van der Waals surface area contributed by atoms with E-state index >= 15 is 0 Å². The number of pyridine rings is 1. The molecule has 0 saturated carbocycles. The highest BCUT2D eigenvalue weighted by Gasteiger charge is 2.29. The molecule has 0 aliphatic heterocycles. The second-order valence-corrected chi connectivity index (χ2v) is 7.16. The second-order valence-electron chi connectivity index (χ2n) is 7.16. The zero-order valence-electron chi connectivity index (χ0n) is 17.1. The number of Topliss-reactive ketones (excluding diaryl/α,β-unsaturated/α-hetero) is 1. The molecule has 10 heteroatoms. The summed E-state index contributed by atoms with van der Waals surface area (Å²) in [6.45, 7) is 5.49. The number of nitrogens with one attached hydrogen (secondary N) is 1. The Labute approximate surface area is 172 Å². The van der Waals surface area contributed by atoms with Gasteiger partial charge in [0.1, 0.15) is 17.3 Å². The summed E-state index contributed by atoms with van der Waals surface area (Å²) in [6, 6.07) is 3.09. The average molecular weight is 424 g/mol. The SMILES string of the molecule is Cc1cc(C(=O)NCc2cnc(OCC(F)(F)F)c(C)c2)nc(CC(=O)C(C)C)n1. The van der Waals surface area contributed by atoms with Crippen molar-refractivity contribution >= 4 is 11.7 Å². The van der Waals surface area contributed by atoms with Crippen molar-refractivity contribution in [3.8, 4) is 5.88 Å². The first kappa shape index (κ1) is 23.2. The number of ketones is 1. The first-order valence-corrected chi connectivity index (χ1v) is 9.25. The van der Waals surface area contributed by atoms with Gasteiger partial charge in [-0.1, -0.05) is 13.8 Å². The van der Waals surface area contributed by atoms with Crippen LogP contribution in [0, 0.1) is 19.8 Å². The number of halogens is 3. The molecular formula is C20H23F3N4O3. The van der Waals surface area contributed by atoms with Crippen LogP contribution in [0.1, 0.15) is 47.0 Å². The van der Waals surface area contributed by atoms with Gasteiger partial charge in [-0.25, -0.2) is 15.0 Å². The quantitative estimate of drug-likeness (QED) is 0.700. The van der Waals surface area contributed by atoms with Gasteiger partial charge in [-0.15, -0.1) is 0 Å². The van der Waals surface area contributed by atoms with Gasteiger partial charge in [-0.2, -0.15) is 13.2 Å². The van der Waals surface area contributed by atoms with Gasteiger partial charge in [-0.05, 0) is 31.5 Å². The number of hydrogen-bond acceptors (Lipinski definition) is 6. The number of hydrogen-bond donors (Lipinski definition) is 1. The minimum atomic E-state index is -4.45. The average Bonchev–Trinajstić information content (AvgIpc) is 2.64. The van der Waals surface area contributed by atoms with E-state index in [1.807, 2.05) is 0 Å². The lowest BCUT2D eigenvalue weighted by Crippen LogP contribution is -2.25. The highest BCUT2D eigenvalue weighted by atomic mass is 19.4. The minimum Gasteiger partial charge on any atom is -0.468 e. The molecule has 0 radical (unpaired) electrons. The third kappa shape index (κ3) is 7.09. The van der Waals surface area contributed by atoms with E-state index in [9.17, 15) is 22.8 Å². The molecule has 0 aliphatic carbocycles. The van der Waals surface area contributed by atoms with Crippen molar-refractivity contribution < 1.29 is 27.5 Å². The van der Waals surface area contributed by atoms with E-state index in [-0.39, 0.29) is 42.1 Å². The van der Waals surface area contributed by atoms with Crippen LogP contribution in [0.5, 0.6) is 5.88 Å². The fraction of sp³-hybridized carbons (Fsp3) is 0.450. The smallest absolute Gasteiger partial charge is 0.422 e. The van der Waals surface area contributed by atoms with E-state index in [0.717, 1.165) is 0 Å². The van der Waals surface area contributed by atoms with E-state index < -0.39 is 18.7 Å². The number of aromatic nitrogens is 3. The molecule has 162 valence electrons. The molecule has 2 aromatic heterocycles. The van der Waals surface area contributed by atoms with Crippen LogP contribution >= 0.6 is 0 Å². The number of carbonyl (C=O) groups excluding carboxylic acids is 2. The Morgan fingerprint density at radius 1 is 1.17 bits per heavy atom. The fourth-order valence-corrected chi connectivity index (χ4v) is 2.48. The summed E-state index contributed by atoms with van der Waals surface area (Å²) in [4.78, 5) is 36.6. The predicted molar refractivity (Wildman–Crippen MR) is 102 cm³/mol. The Bertz CT molecular complexity index is 930. The molecule has 2 aromatic rings. The van der Waals surface area contributed by atoms with Crippen molar-refractivity contribution in [3.05, 3.63) is 46.7 Å². The molecule has 0 saturated heterocycles. The van der Waals surface area contributed by atoms with Gasteiger partial charge in [0, 0.05) is 29.9 Å². The summed E-state index contributed by atoms with van der Waals surface area (Å²) in [5.74, 6) is -0.490. The molecule has 1 amide bonds. The number of nitrogens with zero attached hydrogens (tertiary/aromatic N) is 3. The zero-order valence-corrected chi connectivity index (χ0v) is 17.1. The van der Waals surface area contributed by atoms with Crippen LogP contribution < -0.4 is 10.1 Å². The summed E-state index contributed by atoms with van der Waals surface area (Å²) in [5.41, 5.74) is 1.69. The van der Waals surface area contributed by atoms with Gasteiger partial charge >= 0.3 is 6.18 Å². The Hall–Kier alpha value is -3.04. The molecule has 30 heavy (non-hydrogen) atoms. The molecule has 2 heterocycles. The normalized spacial score (nSPS) is 11.5. The van der Waals surface area contributed by atoms with E-state index in [0.29, 0.717) is 16.8 Å². The third-order valence-electron chi connectivity index (χ3n) is 4.02. The maximum Gasteiger partial charge on any atom is 0.422 e. The van der Waals surface area contributed by atoms with E-state index in [4.69, 9.17) is 0 Å². The van der Waals surface area contributed by atoms with Gasteiger partial charge in [0.05, 0.1) is 6.42 Å². The van der Waals surface area contributed by atoms with E-state index in [1.165, 1.54) is 12.3 Å². The zero-order chi connectivity index (χ0) is 22.5. The van der Waals surface area contributed by atoms with Crippen LogP contribution in [0.3, 0.4) is 0 Å². The number of carbonyl (C=O) groups is 2. The maximum absolute atomic E-state index is 12.5. The van der Waals surface area contributed by atoms with Crippen LogP contribution in [0.2, 0.25) is 0 Å². The van der Waals surface area contributed by atoms with Crippen molar-refractivity contribution in [3.63, 3.8) is 0 Å². The Kier molecular flexibility index (Phi) is 7.47. The van der Waals surface area contributed by atoms with Crippen LogP contribution in [0.4, 0.5) is 13.2 Å². The van der Waals surface area contributed by atoms with E-state index in [2.05, 4.69) is 25.0 Å². The summed E-state index contributed by atoms with van der Waals surface area (Å²) < 4.78 is 41.4. The molecule has 0 spiro atoms. The topological polar surface area (TPSA) is 94.1 Å². The standard InChI is InChI=1S/C20H23F3N4O3/c1-11(2)16(28)7-17-26-13(4)6-15(27-17)18(29)24-8-14-5-12(3)19(25-9-14)30-10-20(21,22)23/h5-6,9,11H,7-8,10H2,1-4H3,(H,24,29). The van der Waals surface area contributed by atoms with Crippen molar-refractivity contribution in [1.82, 2.24) is 20.3 Å². The number of rotatable bonds is 8. The number of aryl methyl sites for hydroxylation is 2. The summed E-state index contributed by atoms with van der Waals surface area (Å²) in [5, 5.41) is 2.67. The molecule has 0 unspecified atom stereocenters. The van der Waals surface area contributed by atoms with Crippen molar-refractivity contribution in [2.75, 3.05) is 6.61 Å². The van der Waals surface area contributed by atoms with Crippen LogP contribution in [0.25, 0.3) is 0 Å². The van der Waals surface area contributed by atoms with Crippen LogP contribution in [-0.4, -0.2) is 39.4 Å². The van der Waals surface area contributed by atoms with Gasteiger partial charge in [0.2, 0.25) is 5.88 Å². The highest BCUT2D eigenvalue weighted by molar-refractivity contribution is 5.92. The molecule has 0 aromatic carbocycles. The molecule has 0 fully saturated rings. The number of ether oxygens (including phenoxy) is 1. The van der Waals surface area contributed by atoms with Gasteiger partial charge in [-0.3, -0.25) is 9.59 Å². The van der Waals surface area contributed by atoms with Crippen molar-refractivity contribution in [2.45, 2.75) is 46.8 Å². The van der Waals surface area contributed by atoms with Crippen LogP contribution in [0.15, 0.2) is 18.3 Å². The van der Waals surface area contributed by atoms with Gasteiger partial charge in [0.15, 0.2) is 6.61 Å². The van der Waals surface area contributed by atoms with Gasteiger partial charge in [0.25, 0.3) is 5.91 Å². The lowest BCUT2D eigenvalue weighted by Gasteiger charge is -2.12. The second kappa shape index (κ2) is 9.64. The number of alkyl halides is 3. The third-order valence-corrected chi connectivity index (χ3v) is 4.02. The fourth-order valence-electron chi connectivity index (χ4n) is 2.48. The first-order valence-electron chi connectivity index (χ1n) is 9.25. The molecule has 0 aliphatic rings. The molecule has 0 bridgehead atoms. The summed E-state index contributed by atoms with van der Waals surface area (Å²) >= 11 is 0. The Morgan fingerprint density at radius 3 is 2.47 bits per heavy atom. The highest BCUT2D eigenvalue weighted by Crippen LogP contribution is 2.20. The molecule has 2 rings (SSSR count). The summed E-state index contributed by atoms with van der Waals surface area (Å²) in [6.07, 6.45) is -3.08. The molecule has 7 nitrogen and oxygen atoms in total. The minimum absolute atomic E-state index is 0.0265. The monoisotopic (exact) mass is 424 g/mol. The van der Waals surface area contributed by atoms with Gasteiger partial charge < -0.3 is 10.1 Å². The summed E-state index contributed by atoms with van der Waals surface area (Å²) in [7, 11) is 0. The van der Waals surface area contributed by atoms with E-state index in [1.54, 1.807) is 33.8 Å². The molecule has 1 N–H and O–H groups in total. The van der Waals surface area contributed by atoms with Crippen LogP contribution in [-0.2, 0) is 17.8 Å².